The highest BCUT2D eigenvalue weighted by Gasteiger charge is 2.12. The number of nitriles is 1. The third-order valence-electron chi connectivity index (χ3n) is 3.36. The first-order valence-corrected chi connectivity index (χ1v) is 6.81. The summed E-state index contributed by atoms with van der Waals surface area (Å²) >= 11 is 0. The maximum atomic E-state index is 9.37. The Morgan fingerprint density at radius 1 is 1.24 bits per heavy atom. The van der Waals surface area contributed by atoms with Crippen molar-refractivity contribution in [3.8, 4) is 17.6 Å². The van der Waals surface area contributed by atoms with E-state index in [-0.39, 0.29) is 11.8 Å². The number of nitrogens with zero attached hydrogens (tertiary/aromatic N) is 1. The van der Waals surface area contributed by atoms with E-state index in [4.69, 9.17) is 10.00 Å². The van der Waals surface area contributed by atoms with E-state index in [0.29, 0.717) is 11.3 Å². The molecule has 1 unspecified atom stereocenters. The molecule has 4 nitrogen and oxygen atoms in total. The first-order chi connectivity index (χ1) is 10.2. The van der Waals surface area contributed by atoms with Crippen molar-refractivity contribution in [3.63, 3.8) is 0 Å². The van der Waals surface area contributed by atoms with Crippen molar-refractivity contribution in [2.24, 2.45) is 0 Å². The van der Waals surface area contributed by atoms with Crippen molar-refractivity contribution < 1.29 is 9.84 Å². The largest absolute Gasteiger partial charge is 0.508 e. The summed E-state index contributed by atoms with van der Waals surface area (Å²) in [7, 11) is 1.59. The van der Waals surface area contributed by atoms with Crippen LogP contribution in [0, 0.1) is 11.3 Å². The van der Waals surface area contributed by atoms with Crippen LogP contribution >= 0.6 is 0 Å². The number of rotatable bonds is 5. The van der Waals surface area contributed by atoms with E-state index < -0.39 is 0 Å². The Balaban J connectivity index is 2.26. The minimum absolute atomic E-state index is 0.104. The Morgan fingerprint density at radius 3 is 2.52 bits per heavy atom. The van der Waals surface area contributed by atoms with Crippen LogP contribution in [-0.4, -0.2) is 12.2 Å². The Hall–Kier alpha value is -2.67. The van der Waals surface area contributed by atoms with Crippen molar-refractivity contribution in [3.05, 3.63) is 53.6 Å². The van der Waals surface area contributed by atoms with Gasteiger partial charge in [0.05, 0.1) is 30.5 Å². The molecule has 0 radical (unpaired) electrons. The molecule has 0 amide bonds. The van der Waals surface area contributed by atoms with Gasteiger partial charge in [0.1, 0.15) is 11.5 Å². The molecule has 0 aromatic heterocycles. The van der Waals surface area contributed by atoms with Gasteiger partial charge in [-0.15, -0.1) is 0 Å². The summed E-state index contributed by atoms with van der Waals surface area (Å²) in [5.41, 5.74) is 2.49. The highest BCUT2D eigenvalue weighted by Crippen LogP contribution is 2.31. The smallest absolute Gasteiger partial charge is 0.143 e. The molecule has 0 spiro atoms. The Morgan fingerprint density at radius 2 is 1.95 bits per heavy atom. The average molecular weight is 282 g/mol. The molecule has 1 atom stereocenters. The van der Waals surface area contributed by atoms with E-state index >= 15 is 0 Å². The fourth-order valence-electron chi connectivity index (χ4n) is 2.20. The van der Waals surface area contributed by atoms with Gasteiger partial charge in [-0.2, -0.15) is 5.26 Å². The molecular weight excluding hydrogens is 264 g/mol. The summed E-state index contributed by atoms with van der Waals surface area (Å²) in [4.78, 5) is 0. The van der Waals surface area contributed by atoms with Gasteiger partial charge in [-0.3, -0.25) is 0 Å². The van der Waals surface area contributed by atoms with E-state index in [1.54, 1.807) is 31.4 Å². The predicted molar refractivity (Wildman–Crippen MR) is 82.5 cm³/mol. The third kappa shape index (κ3) is 3.46. The molecule has 108 valence electrons. The van der Waals surface area contributed by atoms with Crippen molar-refractivity contribution in [2.75, 3.05) is 12.4 Å². The third-order valence-corrected chi connectivity index (χ3v) is 3.36. The quantitative estimate of drug-likeness (QED) is 0.874. The van der Waals surface area contributed by atoms with E-state index in [1.165, 1.54) is 0 Å². The van der Waals surface area contributed by atoms with E-state index in [0.717, 1.165) is 17.7 Å². The molecule has 2 aromatic rings. The van der Waals surface area contributed by atoms with Crippen LogP contribution in [0.3, 0.4) is 0 Å². The van der Waals surface area contributed by atoms with E-state index in [2.05, 4.69) is 18.3 Å². The standard InChI is InChI=1S/C17H18N2O2/c1-3-15(13-5-7-14(20)8-6-13)19-16-9-4-12(11-18)10-17(16)21-2/h4-10,15,19-20H,3H2,1-2H3. The number of ether oxygens (including phenoxy) is 1. The minimum Gasteiger partial charge on any atom is -0.508 e. The number of phenols is 1. The van der Waals surface area contributed by atoms with Gasteiger partial charge < -0.3 is 15.2 Å². The molecule has 21 heavy (non-hydrogen) atoms. The fourth-order valence-corrected chi connectivity index (χ4v) is 2.20. The number of methoxy groups -OCH3 is 1. The molecule has 2 aromatic carbocycles. The summed E-state index contributed by atoms with van der Waals surface area (Å²) in [5, 5.41) is 21.7. The van der Waals surface area contributed by atoms with Crippen molar-refractivity contribution in [2.45, 2.75) is 19.4 Å². The van der Waals surface area contributed by atoms with Crippen LogP contribution in [0.5, 0.6) is 11.5 Å². The zero-order chi connectivity index (χ0) is 15.2. The molecule has 0 aliphatic carbocycles. The normalized spacial score (nSPS) is 11.5. The lowest BCUT2D eigenvalue weighted by atomic mass is 10.0. The number of nitrogens with one attached hydrogen (secondary N) is 1. The average Bonchev–Trinajstić information content (AvgIpc) is 2.53. The van der Waals surface area contributed by atoms with Gasteiger partial charge in [0.2, 0.25) is 0 Å². The van der Waals surface area contributed by atoms with Gasteiger partial charge in [0.15, 0.2) is 0 Å². The first-order valence-electron chi connectivity index (χ1n) is 6.81. The van der Waals surface area contributed by atoms with Gasteiger partial charge in [0, 0.05) is 6.07 Å². The van der Waals surface area contributed by atoms with E-state index in [1.807, 2.05) is 18.2 Å². The molecule has 0 saturated heterocycles. The minimum atomic E-state index is 0.104. The SMILES string of the molecule is CCC(Nc1ccc(C#N)cc1OC)c1ccc(O)cc1. The van der Waals surface area contributed by atoms with Crippen molar-refractivity contribution in [1.29, 1.82) is 5.26 Å². The lowest BCUT2D eigenvalue weighted by molar-refractivity contribution is 0.415. The molecule has 0 aliphatic heterocycles. The lowest BCUT2D eigenvalue weighted by Crippen LogP contribution is -2.10. The maximum absolute atomic E-state index is 9.37. The zero-order valence-corrected chi connectivity index (χ0v) is 12.1. The Labute approximate surface area is 124 Å². The first kappa shape index (κ1) is 14.7. The molecule has 0 aliphatic rings. The maximum Gasteiger partial charge on any atom is 0.143 e. The summed E-state index contributed by atoms with van der Waals surface area (Å²) in [6.45, 7) is 2.08. The highest BCUT2D eigenvalue weighted by atomic mass is 16.5. The van der Waals surface area contributed by atoms with Gasteiger partial charge >= 0.3 is 0 Å². The van der Waals surface area contributed by atoms with Crippen LogP contribution in [0.4, 0.5) is 5.69 Å². The van der Waals surface area contributed by atoms with Crippen LogP contribution in [0.15, 0.2) is 42.5 Å². The number of aromatic hydroxyl groups is 1. The van der Waals surface area contributed by atoms with E-state index in [9.17, 15) is 5.11 Å². The second-order valence-corrected chi connectivity index (χ2v) is 4.72. The molecule has 2 N–H and O–H groups in total. The molecule has 0 fully saturated rings. The van der Waals surface area contributed by atoms with Gasteiger partial charge in [-0.1, -0.05) is 19.1 Å². The highest BCUT2D eigenvalue weighted by molar-refractivity contribution is 5.60. The number of phenolic OH excluding ortho intramolecular Hbond substituents is 1. The Bertz CT molecular complexity index is 645. The van der Waals surface area contributed by atoms with Crippen molar-refractivity contribution in [1.82, 2.24) is 0 Å². The monoisotopic (exact) mass is 282 g/mol. The van der Waals surface area contributed by atoms with Crippen LogP contribution in [0.1, 0.15) is 30.5 Å². The number of anilines is 1. The summed E-state index contributed by atoms with van der Waals surface area (Å²) < 4.78 is 5.33. The topological polar surface area (TPSA) is 65.3 Å². The zero-order valence-electron chi connectivity index (χ0n) is 12.1. The molecule has 2 rings (SSSR count). The summed E-state index contributed by atoms with van der Waals surface area (Å²) in [6.07, 6.45) is 0.883. The second kappa shape index (κ2) is 6.67. The van der Waals surface area contributed by atoms with Gasteiger partial charge in [0.25, 0.3) is 0 Å². The number of hydrogen-bond acceptors (Lipinski definition) is 4. The molecule has 0 saturated carbocycles. The molecule has 0 bridgehead atoms. The lowest BCUT2D eigenvalue weighted by Gasteiger charge is -2.20. The van der Waals surface area contributed by atoms with Crippen LogP contribution in [-0.2, 0) is 0 Å². The molecule has 4 heteroatoms. The van der Waals surface area contributed by atoms with Crippen molar-refractivity contribution >= 4 is 5.69 Å². The fraction of sp³-hybridized carbons (Fsp3) is 0.235. The molecule has 0 heterocycles. The number of benzene rings is 2. The summed E-state index contributed by atoms with van der Waals surface area (Å²) in [5.74, 6) is 0.899. The molecular formula is C17H18N2O2. The summed E-state index contributed by atoms with van der Waals surface area (Å²) in [6, 6.07) is 14.7. The van der Waals surface area contributed by atoms with Crippen LogP contribution in [0.25, 0.3) is 0 Å². The van der Waals surface area contributed by atoms with Gasteiger partial charge in [-0.05, 0) is 36.2 Å². The van der Waals surface area contributed by atoms with Crippen LogP contribution < -0.4 is 10.1 Å². The van der Waals surface area contributed by atoms with Gasteiger partial charge in [-0.25, -0.2) is 0 Å². The Kier molecular flexibility index (Phi) is 4.68. The van der Waals surface area contributed by atoms with Crippen LogP contribution in [0.2, 0.25) is 0 Å². The second-order valence-electron chi connectivity index (χ2n) is 4.72. The number of hydrogen-bond donors (Lipinski definition) is 2. The predicted octanol–water partition coefficient (Wildman–Crippen LogP) is 3.84.